The van der Waals surface area contributed by atoms with E-state index in [1.54, 1.807) is 12.5 Å². The van der Waals surface area contributed by atoms with Crippen LogP contribution in [0, 0.1) is 0 Å². The van der Waals surface area contributed by atoms with E-state index in [9.17, 15) is 9.90 Å². The van der Waals surface area contributed by atoms with Crippen LogP contribution in [-0.2, 0) is 11.3 Å². The van der Waals surface area contributed by atoms with Crippen molar-refractivity contribution in [3.8, 4) is 0 Å². The van der Waals surface area contributed by atoms with Crippen molar-refractivity contribution in [2.24, 2.45) is 0 Å². The van der Waals surface area contributed by atoms with Gasteiger partial charge in [0.25, 0.3) is 0 Å². The first kappa shape index (κ1) is 11.1. The Morgan fingerprint density at radius 1 is 1.75 bits per heavy atom. The monoisotopic (exact) mass is 223 g/mol. The summed E-state index contributed by atoms with van der Waals surface area (Å²) in [5.74, 6) is -0.829. The lowest BCUT2D eigenvalue weighted by Crippen LogP contribution is -2.31. The van der Waals surface area contributed by atoms with Crippen molar-refractivity contribution in [3.05, 3.63) is 18.2 Å². The molecule has 0 aliphatic heterocycles. The molecular weight excluding hydrogens is 206 g/mol. The Balaban J connectivity index is 2.15. The van der Waals surface area contributed by atoms with Crippen molar-refractivity contribution in [2.45, 2.75) is 44.8 Å². The third-order valence-corrected chi connectivity index (χ3v) is 2.73. The first-order chi connectivity index (χ1) is 7.72. The number of carbonyl (C=O) groups is 1. The summed E-state index contributed by atoms with van der Waals surface area (Å²) in [4.78, 5) is 15.2. The molecule has 1 aliphatic rings. The molecule has 88 valence electrons. The number of aryl methyl sites for hydroxylation is 1. The van der Waals surface area contributed by atoms with Gasteiger partial charge in [-0.05, 0) is 19.3 Å². The van der Waals surface area contributed by atoms with Crippen LogP contribution in [0.25, 0.3) is 0 Å². The number of nitrogens with one attached hydrogen (secondary N) is 1. The van der Waals surface area contributed by atoms with E-state index >= 15 is 0 Å². The van der Waals surface area contributed by atoms with Gasteiger partial charge in [-0.25, -0.2) is 4.98 Å². The molecule has 16 heavy (non-hydrogen) atoms. The fourth-order valence-corrected chi connectivity index (χ4v) is 1.77. The third-order valence-electron chi connectivity index (χ3n) is 2.73. The predicted octanol–water partition coefficient (Wildman–Crippen LogP) is 1.17. The second-order valence-corrected chi connectivity index (χ2v) is 4.22. The van der Waals surface area contributed by atoms with E-state index in [0.717, 1.165) is 31.5 Å². The normalized spacial score (nSPS) is 17.3. The number of carboxylic acid groups (broad SMARTS) is 1. The van der Waals surface area contributed by atoms with Gasteiger partial charge in [-0.1, -0.05) is 6.92 Å². The summed E-state index contributed by atoms with van der Waals surface area (Å²) in [5, 5.41) is 12.3. The largest absolute Gasteiger partial charge is 0.480 e. The molecule has 1 unspecified atom stereocenters. The van der Waals surface area contributed by atoms with E-state index in [2.05, 4.69) is 17.2 Å². The fraction of sp³-hybridized carbons (Fsp3) is 0.636. The second kappa shape index (κ2) is 4.65. The van der Waals surface area contributed by atoms with E-state index in [-0.39, 0.29) is 0 Å². The highest BCUT2D eigenvalue weighted by molar-refractivity contribution is 5.75. The molecular formula is C11H17N3O2. The molecule has 1 aromatic heterocycles. The topological polar surface area (TPSA) is 67.2 Å². The molecule has 2 N–H and O–H groups in total. The molecule has 1 fully saturated rings. The van der Waals surface area contributed by atoms with Gasteiger partial charge in [0.1, 0.15) is 6.04 Å². The summed E-state index contributed by atoms with van der Waals surface area (Å²) >= 11 is 0. The van der Waals surface area contributed by atoms with Gasteiger partial charge in [0.15, 0.2) is 0 Å². The van der Waals surface area contributed by atoms with Crippen molar-refractivity contribution in [3.63, 3.8) is 0 Å². The minimum atomic E-state index is -0.829. The van der Waals surface area contributed by atoms with Crippen molar-refractivity contribution in [1.82, 2.24) is 14.9 Å². The van der Waals surface area contributed by atoms with Gasteiger partial charge in [-0.2, -0.15) is 0 Å². The molecule has 0 amide bonds. The molecule has 1 aromatic rings. The number of imidazole rings is 1. The molecule has 0 aromatic carbocycles. The summed E-state index contributed by atoms with van der Waals surface area (Å²) in [7, 11) is 0. The quantitative estimate of drug-likeness (QED) is 0.759. The van der Waals surface area contributed by atoms with Crippen LogP contribution in [0.2, 0.25) is 0 Å². The fourth-order valence-electron chi connectivity index (χ4n) is 1.77. The lowest BCUT2D eigenvalue weighted by atomic mass is 10.2. The number of hydrogen-bond donors (Lipinski definition) is 2. The van der Waals surface area contributed by atoms with Gasteiger partial charge in [-0.3, -0.25) is 10.1 Å². The minimum absolute atomic E-state index is 0.367. The van der Waals surface area contributed by atoms with Crippen LogP contribution < -0.4 is 5.32 Å². The van der Waals surface area contributed by atoms with Crippen LogP contribution in [0.1, 0.15) is 37.9 Å². The highest BCUT2D eigenvalue weighted by atomic mass is 16.4. The highest BCUT2D eigenvalue weighted by Gasteiger charge is 2.30. The molecule has 0 bridgehead atoms. The van der Waals surface area contributed by atoms with Crippen molar-refractivity contribution >= 4 is 5.97 Å². The van der Waals surface area contributed by atoms with Crippen molar-refractivity contribution < 1.29 is 9.90 Å². The second-order valence-electron chi connectivity index (χ2n) is 4.22. The molecule has 1 heterocycles. The number of rotatable bonds is 6. The molecule has 1 saturated carbocycles. The van der Waals surface area contributed by atoms with Gasteiger partial charge < -0.3 is 9.67 Å². The van der Waals surface area contributed by atoms with Gasteiger partial charge >= 0.3 is 5.97 Å². The Labute approximate surface area is 94.5 Å². The Morgan fingerprint density at radius 3 is 3.06 bits per heavy atom. The zero-order valence-corrected chi connectivity index (χ0v) is 9.39. The minimum Gasteiger partial charge on any atom is -0.480 e. The lowest BCUT2D eigenvalue weighted by molar-refractivity contribution is -0.139. The first-order valence-electron chi connectivity index (χ1n) is 5.71. The van der Waals surface area contributed by atoms with E-state index in [0.29, 0.717) is 6.04 Å². The zero-order valence-electron chi connectivity index (χ0n) is 9.39. The summed E-state index contributed by atoms with van der Waals surface area (Å²) in [6, 6.07) is -0.257. The van der Waals surface area contributed by atoms with Crippen LogP contribution in [0.5, 0.6) is 0 Å². The average Bonchev–Trinajstić information content (AvgIpc) is 2.95. The molecule has 1 aliphatic carbocycles. The van der Waals surface area contributed by atoms with E-state index in [1.807, 2.05) is 4.57 Å². The molecule has 2 rings (SSSR count). The highest BCUT2D eigenvalue weighted by Crippen LogP contribution is 2.24. The Kier molecular flexibility index (Phi) is 3.24. The van der Waals surface area contributed by atoms with Crippen LogP contribution in [0.3, 0.4) is 0 Å². The smallest absolute Gasteiger partial charge is 0.326 e. The predicted molar refractivity (Wildman–Crippen MR) is 59.1 cm³/mol. The zero-order chi connectivity index (χ0) is 11.5. The van der Waals surface area contributed by atoms with E-state index < -0.39 is 12.0 Å². The maximum atomic E-state index is 11.2. The summed E-state index contributed by atoms with van der Waals surface area (Å²) in [6.45, 7) is 2.87. The van der Waals surface area contributed by atoms with E-state index in [4.69, 9.17) is 0 Å². The summed E-state index contributed by atoms with van der Waals surface area (Å²) in [6.07, 6.45) is 6.46. The van der Waals surface area contributed by atoms with Crippen LogP contribution in [0.15, 0.2) is 12.5 Å². The standard InChI is InChI=1S/C11H17N3O2/c1-2-5-14-7-12-6-9(14)10(11(15)16)13-8-3-4-8/h6-8,10,13H,2-5H2,1H3,(H,15,16). The Hall–Kier alpha value is -1.36. The van der Waals surface area contributed by atoms with Gasteiger partial charge in [0, 0.05) is 12.6 Å². The number of aromatic nitrogens is 2. The van der Waals surface area contributed by atoms with Gasteiger partial charge in [-0.15, -0.1) is 0 Å². The number of carboxylic acids is 1. The first-order valence-corrected chi connectivity index (χ1v) is 5.71. The molecule has 5 heteroatoms. The van der Waals surface area contributed by atoms with Gasteiger partial charge in [0.2, 0.25) is 0 Å². The Bertz CT molecular complexity index is 371. The number of hydrogen-bond acceptors (Lipinski definition) is 3. The van der Waals surface area contributed by atoms with Crippen molar-refractivity contribution in [2.75, 3.05) is 0 Å². The molecule has 0 saturated heterocycles. The number of aliphatic carboxylic acids is 1. The third kappa shape index (κ3) is 2.41. The van der Waals surface area contributed by atoms with Crippen molar-refractivity contribution in [1.29, 1.82) is 0 Å². The Morgan fingerprint density at radius 2 is 2.50 bits per heavy atom. The summed E-state index contributed by atoms with van der Waals surface area (Å²) in [5.41, 5.74) is 0.751. The molecule has 0 spiro atoms. The maximum Gasteiger partial charge on any atom is 0.326 e. The SMILES string of the molecule is CCCn1cncc1C(NC1CC1)C(=O)O. The van der Waals surface area contributed by atoms with E-state index in [1.165, 1.54) is 0 Å². The lowest BCUT2D eigenvalue weighted by Gasteiger charge is -2.15. The molecule has 5 nitrogen and oxygen atoms in total. The average molecular weight is 223 g/mol. The molecule has 0 radical (unpaired) electrons. The van der Waals surface area contributed by atoms with Crippen LogP contribution >= 0.6 is 0 Å². The number of nitrogens with zero attached hydrogens (tertiary/aromatic N) is 2. The summed E-state index contributed by atoms with van der Waals surface area (Å²) < 4.78 is 1.91. The molecule has 1 atom stereocenters. The van der Waals surface area contributed by atoms with Crippen LogP contribution in [0.4, 0.5) is 0 Å². The van der Waals surface area contributed by atoms with Crippen LogP contribution in [-0.4, -0.2) is 26.7 Å². The van der Waals surface area contributed by atoms with Gasteiger partial charge in [0.05, 0.1) is 18.2 Å². The maximum absolute atomic E-state index is 11.2.